The number of thiophene rings is 2. The van der Waals surface area contributed by atoms with Crippen LogP contribution in [0.15, 0.2) is 243 Å². The normalized spacial score (nSPS) is 14.2. The lowest BCUT2D eigenvalue weighted by atomic mass is 9.61. The molecule has 4 aromatic heterocycles. The zero-order valence-electron chi connectivity index (χ0n) is 39.9. The third-order valence-corrected chi connectivity index (χ3v) is 17.2. The maximum Gasteiger partial charge on any atom is 0.160 e. The number of hydrogen-bond acceptors (Lipinski definition) is 6. The van der Waals surface area contributed by atoms with Gasteiger partial charge in [0.25, 0.3) is 0 Å². The van der Waals surface area contributed by atoms with E-state index in [2.05, 4.69) is 243 Å². The van der Waals surface area contributed by atoms with Gasteiger partial charge in [-0.3, -0.25) is 0 Å². The fraction of sp³-hybridized carbons (Fsp3) is 0.0294. The molecule has 0 aliphatic heterocycles. The molecular formula is C68H42N4S2. The zero-order chi connectivity index (χ0) is 48.7. The largest absolute Gasteiger partial charge is 0.228 e. The van der Waals surface area contributed by atoms with Crippen LogP contribution in [0.3, 0.4) is 0 Å². The summed E-state index contributed by atoms with van der Waals surface area (Å²) in [6.45, 7) is 0. The van der Waals surface area contributed by atoms with Gasteiger partial charge >= 0.3 is 0 Å². The Morgan fingerprint density at radius 1 is 0.257 bits per heavy atom. The van der Waals surface area contributed by atoms with Gasteiger partial charge in [0, 0.05) is 75.5 Å². The van der Waals surface area contributed by atoms with Gasteiger partial charge in [-0.05, 0) is 92.7 Å². The monoisotopic (exact) mass is 978 g/mol. The van der Waals surface area contributed by atoms with Crippen molar-refractivity contribution in [2.24, 2.45) is 0 Å². The minimum absolute atomic E-state index is 0.0287. The van der Waals surface area contributed by atoms with E-state index in [4.69, 9.17) is 19.9 Å². The smallest absolute Gasteiger partial charge is 0.160 e. The van der Waals surface area contributed by atoms with Crippen molar-refractivity contribution in [3.05, 3.63) is 276 Å². The Hall–Kier alpha value is -8.94. The number of fused-ring (bicyclic) bond motifs is 2. The van der Waals surface area contributed by atoms with E-state index >= 15 is 0 Å². The molecule has 346 valence electrons. The minimum atomic E-state index is 0.0287. The van der Waals surface area contributed by atoms with Gasteiger partial charge < -0.3 is 0 Å². The van der Waals surface area contributed by atoms with Crippen LogP contribution in [0.2, 0.25) is 0 Å². The number of rotatable bonds is 8. The van der Waals surface area contributed by atoms with Crippen molar-refractivity contribution in [2.45, 2.75) is 11.8 Å². The van der Waals surface area contributed by atoms with Crippen molar-refractivity contribution in [3.63, 3.8) is 0 Å². The van der Waals surface area contributed by atoms with Crippen molar-refractivity contribution in [1.82, 2.24) is 19.9 Å². The van der Waals surface area contributed by atoms with E-state index in [1.54, 1.807) is 0 Å². The van der Waals surface area contributed by atoms with Crippen LogP contribution in [0, 0.1) is 0 Å². The van der Waals surface area contributed by atoms with Crippen LogP contribution in [-0.4, -0.2) is 19.9 Å². The molecule has 4 nitrogen and oxygen atoms in total. The molecule has 0 spiro atoms. The highest BCUT2D eigenvalue weighted by atomic mass is 32.1. The molecule has 0 saturated heterocycles. The number of benzene rings is 9. The van der Waals surface area contributed by atoms with E-state index < -0.39 is 0 Å². The topological polar surface area (TPSA) is 51.6 Å². The lowest BCUT2D eigenvalue weighted by Gasteiger charge is -2.42. The lowest BCUT2D eigenvalue weighted by Crippen LogP contribution is -2.27. The van der Waals surface area contributed by atoms with Crippen LogP contribution in [0.25, 0.3) is 109 Å². The Morgan fingerprint density at radius 3 is 1.07 bits per heavy atom. The van der Waals surface area contributed by atoms with Gasteiger partial charge in [-0.25, -0.2) is 19.9 Å². The van der Waals surface area contributed by atoms with E-state index in [0.717, 1.165) is 67.3 Å². The first-order chi connectivity index (χ1) is 36.6. The summed E-state index contributed by atoms with van der Waals surface area (Å²) in [4.78, 5) is 24.0. The summed E-state index contributed by atoms with van der Waals surface area (Å²) in [5.74, 6) is 1.48. The first kappa shape index (κ1) is 42.7. The predicted molar refractivity (Wildman–Crippen MR) is 307 cm³/mol. The van der Waals surface area contributed by atoms with Gasteiger partial charge in [0.2, 0.25) is 0 Å². The Bertz CT molecular complexity index is 4000. The van der Waals surface area contributed by atoms with Gasteiger partial charge in [-0.2, -0.15) is 0 Å². The highest BCUT2D eigenvalue weighted by Crippen LogP contribution is 2.57. The Labute approximate surface area is 436 Å². The third kappa shape index (κ3) is 7.17. The molecule has 0 N–H and O–H groups in total. The van der Waals surface area contributed by atoms with E-state index in [-0.39, 0.29) is 11.8 Å². The third-order valence-electron chi connectivity index (χ3n) is 14.9. The molecule has 0 amide bonds. The highest BCUT2D eigenvalue weighted by molar-refractivity contribution is 7.22. The highest BCUT2D eigenvalue weighted by Gasteiger charge is 2.41. The second kappa shape index (κ2) is 17.4. The molecule has 9 aromatic carbocycles. The molecule has 0 fully saturated rings. The molecule has 13 aromatic rings. The van der Waals surface area contributed by atoms with Crippen LogP contribution >= 0.6 is 22.7 Å². The van der Waals surface area contributed by atoms with Gasteiger partial charge in [-0.15, -0.1) is 22.7 Å². The maximum atomic E-state index is 5.45. The lowest BCUT2D eigenvalue weighted by molar-refractivity contribution is 0.754. The number of nitrogens with zero attached hydrogens (tertiary/aromatic N) is 4. The molecule has 2 bridgehead atoms. The average molecular weight is 979 g/mol. The zero-order valence-corrected chi connectivity index (χ0v) is 41.5. The molecule has 2 atom stereocenters. The van der Waals surface area contributed by atoms with Gasteiger partial charge in [0.15, 0.2) is 11.6 Å². The fourth-order valence-corrected chi connectivity index (χ4v) is 13.7. The number of aromatic nitrogens is 4. The van der Waals surface area contributed by atoms with E-state index in [9.17, 15) is 0 Å². The molecule has 0 radical (unpaired) electrons. The molecule has 16 rings (SSSR count). The summed E-state index contributed by atoms with van der Waals surface area (Å²) >= 11 is 3.64. The van der Waals surface area contributed by atoms with Crippen LogP contribution in [-0.2, 0) is 0 Å². The minimum Gasteiger partial charge on any atom is -0.228 e. The van der Waals surface area contributed by atoms with E-state index in [1.165, 1.54) is 63.3 Å². The fourth-order valence-electron chi connectivity index (χ4n) is 11.5. The Kier molecular flexibility index (Phi) is 10.0. The van der Waals surface area contributed by atoms with Crippen LogP contribution in [0.1, 0.15) is 45.2 Å². The summed E-state index contributed by atoms with van der Waals surface area (Å²) in [7, 11) is 0. The van der Waals surface area contributed by atoms with Crippen molar-refractivity contribution in [1.29, 1.82) is 0 Å². The van der Waals surface area contributed by atoms with Crippen molar-refractivity contribution < 1.29 is 0 Å². The van der Waals surface area contributed by atoms with Crippen LogP contribution in [0.4, 0.5) is 0 Å². The van der Waals surface area contributed by atoms with Crippen LogP contribution in [0.5, 0.6) is 0 Å². The quantitative estimate of drug-likeness (QED) is 0.152. The second-order valence-electron chi connectivity index (χ2n) is 19.2. The summed E-state index contributed by atoms with van der Waals surface area (Å²) in [5.41, 5.74) is 20.1. The molecular weight excluding hydrogens is 937 g/mol. The summed E-state index contributed by atoms with van der Waals surface area (Å²) in [6, 6.07) is 87.3. The molecule has 1 unspecified atom stereocenters. The summed E-state index contributed by atoms with van der Waals surface area (Å²) in [6.07, 6.45) is 0. The second-order valence-corrected chi connectivity index (χ2v) is 21.4. The number of hydrogen-bond donors (Lipinski definition) is 0. The predicted octanol–water partition coefficient (Wildman–Crippen LogP) is 18.0. The van der Waals surface area contributed by atoms with Crippen LogP contribution < -0.4 is 0 Å². The maximum absolute atomic E-state index is 5.45. The van der Waals surface area contributed by atoms with Crippen molar-refractivity contribution in [3.8, 4) is 88.7 Å². The molecule has 3 aliphatic rings. The Morgan fingerprint density at radius 2 is 0.622 bits per heavy atom. The molecule has 0 saturated carbocycles. The van der Waals surface area contributed by atoms with Crippen molar-refractivity contribution >= 4 is 42.8 Å². The molecule has 3 aliphatic carbocycles. The van der Waals surface area contributed by atoms with Gasteiger partial charge in [0.1, 0.15) is 0 Å². The average Bonchev–Trinajstić information content (AvgIpc) is 4.16. The summed E-state index contributed by atoms with van der Waals surface area (Å²) < 4.78 is 2.54. The van der Waals surface area contributed by atoms with E-state index in [1.807, 2.05) is 22.7 Å². The molecule has 6 heteroatoms. The SMILES string of the molecule is c1ccc(-c2cc(-c3ccccc3-c3cc4ccccc4s3)nc(-c3ccc4c(c3)C3c5ccccc5[C@H]4c4cc(-c5nc(-c6ccccc6)cc(-c6ccccc6-c6cc7ccccc7s6)n5)ccc43)n2)cc1. The Balaban J connectivity index is 0.854. The summed E-state index contributed by atoms with van der Waals surface area (Å²) in [5, 5.41) is 2.50. The standard InChI is InChI=1S/C68H42N4S2/c1-3-17-41(18-4-1)57-39-59(47-23-9-11-25-49(47)63-37-43-21-7-15-29-61(43)73-63)71-67(69-57)45-31-33-53-55(35-45)65-51-27-13-14-28-52(51)66(53)56-36-46(32-34-54(56)65)68-70-58(42-19-5-2-6-20-42)40-60(72-68)48-24-10-12-26-50(48)64-38-44-22-8-16-30-62(44)74-64/h1-40,65-66H/t65-,66?/m1/s1. The first-order valence-corrected chi connectivity index (χ1v) is 26.7. The molecule has 4 heterocycles. The van der Waals surface area contributed by atoms with Crippen molar-refractivity contribution in [2.75, 3.05) is 0 Å². The van der Waals surface area contributed by atoms with Gasteiger partial charge in [-0.1, -0.05) is 194 Å². The van der Waals surface area contributed by atoms with E-state index in [0.29, 0.717) is 11.6 Å². The molecule has 74 heavy (non-hydrogen) atoms. The van der Waals surface area contributed by atoms with Gasteiger partial charge in [0.05, 0.1) is 22.8 Å². The first-order valence-electron chi connectivity index (χ1n) is 25.1.